The smallest absolute Gasteiger partial charge is 0.310 e. The molecule has 0 radical (unpaired) electrons. The van der Waals surface area contributed by atoms with Gasteiger partial charge in [0.15, 0.2) is 23.0 Å². The number of esters is 1. The summed E-state index contributed by atoms with van der Waals surface area (Å²) in [6, 6.07) is 8.47. The van der Waals surface area contributed by atoms with Gasteiger partial charge in [-0.2, -0.15) is 4.39 Å². The number of aromatic nitrogens is 3. The number of hydrogen-bond donors (Lipinski definition) is 2. The largest absolute Gasteiger partial charge is 0.502 e. The fourth-order valence-electron chi connectivity index (χ4n) is 6.06. The van der Waals surface area contributed by atoms with Gasteiger partial charge in [0.05, 0.1) is 44.0 Å². The number of H-pyrrole nitrogens is 1. The molecule has 4 aromatic rings. The number of methoxy groups -OCH3 is 2. The first-order valence-electron chi connectivity index (χ1n) is 12.0. The first-order chi connectivity index (χ1) is 18.5. The number of carbonyl (C=O) groups excluding carboxylic acids is 1. The molecule has 0 unspecified atom stereocenters. The molecule has 10 nitrogen and oxygen atoms in total. The highest BCUT2D eigenvalue weighted by Crippen LogP contribution is 2.57. The molecule has 7 rings (SSSR count). The summed E-state index contributed by atoms with van der Waals surface area (Å²) < 4.78 is 41.7. The Labute approximate surface area is 215 Å². The van der Waals surface area contributed by atoms with Crippen molar-refractivity contribution >= 4 is 17.0 Å². The van der Waals surface area contributed by atoms with E-state index in [0.717, 1.165) is 11.1 Å². The molecule has 1 aliphatic carbocycles. The number of carbonyl (C=O) groups is 1. The summed E-state index contributed by atoms with van der Waals surface area (Å²) in [4.78, 5) is 25.0. The van der Waals surface area contributed by atoms with Crippen LogP contribution in [0.5, 0.6) is 28.7 Å². The van der Waals surface area contributed by atoms with Gasteiger partial charge in [0, 0.05) is 23.8 Å². The van der Waals surface area contributed by atoms with E-state index in [1.165, 1.54) is 26.5 Å². The average Bonchev–Trinajstić information content (AvgIpc) is 3.64. The molecule has 2 aliphatic heterocycles. The van der Waals surface area contributed by atoms with E-state index < -0.39 is 17.8 Å². The van der Waals surface area contributed by atoms with E-state index in [9.17, 15) is 14.3 Å². The zero-order valence-corrected chi connectivity index (χ0v) is 20.4. The number of phenols is 1. The molecule has 3 aliphatic rings. The maximum absolute atomic E-state index is 13.8. The Morgan fingerprint density at radius 1 is 1.00 bits per heavy atom. The third kappa shape index (κ3) is 3.20. The maximum atomic E-state index is 13.8. The second kappa shape index (κ2) is 8.23. The molecule has 0 spiro atoms. The molecule has 11 heteroatoms. The quantitative estimate of drug-likeness (QED) is 0.307. The van der Waals surface area contributed by atoms with Gasteiger partial charge >= 0.3 is 5.97 Å². The van der Waals surface area contributed by atoms with Crippen LogP contribution in [0.15, 0.2) is 36.5 Å². The molecule has 0 saturated carbocycles. The number of rotatable bonds is 4. The van der Waals surface area contributed by atoms with Gasteiger partial charge in [-0.3, -0.25) is 4.79 Å². The molecule has 1 fully saturated rings. The number of ether oxygens (including phenoxy) is 5. The van der Waals surface area contributed by atoms with Crippen molar-refractivity contribution in [2.45, 2.75) is 11.8 Å². The van der Waals surface area contributed by atoms with Gasteiger partial charge in [0.2, 0.25) is 18.5 Å². The number of pyridine rings is 1. The number of aromatic hydroxyl groups is 1. The lowest BCUT2D eigenvalue weighted by Crippen LogP contribution is -2.35. The summed E-state index contributed by atoms with van der Waals surface area (Å²) in [5, 5.41) is 10.5. The lowest BCUT2D eigenvalue weighted by atomic mass is 9.62. The van der Waals surface area contributed by atoms with Crippen LogP contribution in [-0.4, -0.2) is 53.6 Å². The number of imidazole rings is 1. The van der Waals surface area contributed by atoms with Crippen LogP contribution in [0.1, 0.15) is 34.4 Å². The molecule has 38 heavy (non-hydrogen) atoms. The minimum Gasteiger partial charge on any atom is -0.502 e. The summed E-state index contributed by atoms with van der Waals surface area (Å²) >= 11 is 0. The predicted molar refractivity (Wildman–Crippen MR) is 129 cm³/mol. The summed E-state index contributed by atoms with van der Waals surface area (Å²) in [7, 11) is 2.90. The summed E-state index contributed by atoms with van der Waals surface area (Å²) in [5.74, 6) is -0.694. The second-order valence-electron chi connectivity index (χ2n) is 9.53. The predicted octanol–water partition coefficient (Wildman–Crippen LogP) is 3.62. The maximum Gasteiger partial charge on any atom is 0.310 e. The van der Waals surface area contributed by atoms with Crippen LogP contribution in [-0.2, 0) is 9.53 Å². The second-order valence-corrected chi connectivity index (χ2v) is 9.53. The summed E-state index contributed by atoms with van der Waals surface area (Å²) in [6.07, 6.45) is 1.40. The normalized spacial score (nSPS) is 23.2. The van der Waals surface area contributed by atoms with Crippen LogP contribution in [0.4, 0.5) is 4.39 Å². The summed E-state index contributed by atoms with van der Waals surface area (Å²) in [5.41, 5.74) is 3.42. The number of benzene rings is 2. The topological polar surface area (TPSA) is 125 Å². The highest BCUT2D eigenvalue weighted by Gasteiger charge is 2.53. The molecule has 2 N–H and O–H groups in total. The highest BCUT2D eigenvalue weighted by molar-refractivity contribution is 5.80. The first kappa shape index (κ1) is 22.6. The molecule has 0 bridgehead atoms. The Kier molecular flexibility index (Phi) is 4.91. The molecular weight excluding hydrogens is 497 g/mol. The van der Waals surface area contributed by atoms with E-state index in [1.54, 1.807) is 12.1 Å². The minimum atomic E-state index is -0.629. The molecule has 1 saturated heterocycles. The van der Waals surface area contributed by atoms with Crippen molar-refractivity contribution in [1.29, 1.82) is 0 Å². The Balaban J connectivity index is 1.48. The van der Waals surface area contributed by atoms with Crippen molar-refractivity contribution in [3.8, 4) is 28.7 Å². The number of hydrogen-bond acceptors (Lipinski definition) is 9. The minimum absolute atomic E-state index is 0.0822. The van der Waals surface area contributed by atoms with Crippen LogP contribution in [0, 0.1) is 17.8 Å². The molecule has 4 atom stereocenters. The number of halogens is 1. The fourth-order valence-corrected chi connectivity index (χ4v) is 6.06. The Bertz CT molecular complexity index is 1600. The van der Waals surface area contributed by atoms with Crippen molar-refractivity contribution in [3.05, 3.63) is 65.0 Å². The van der Waals surface area contributed by atoms with Gasteiger partial charge in [-0.15, -0.1) is 0 Å². The van der Waals surface area contributed by atoms with E-state index in [4.69, 9.17) is 28.7 Å². The molecule has 194 valence electrons. The van der Waals surface area contributed by atoms with Crippen LogP contribution < -0.4 is 18.9 Å². The molecule has 4 heterocycles. The zero-order chi connectivity index (χ0) is 26.1. The third-order valence-electron chi connectivity index (χ3n) is 7.70. The number of nitrogens with one attached hydrogen (secondary N) is 1. The number of nitrogens with zero attached hydrogens (tertiary/aromatic N) is 2. The number of aromatic amines is 1. The van der Waals surface area contributed by atoms with Crippen LogP contribution in [0.3, 0.4) is 0 Å². The van der Waals surface area contributed by atoms with Crippen molar-refractivity contribution < 1.29 is 38.0 Å². The van der Waals surface area contributed by atoms with E-state index in [-0.39, 0.29) is 48.5 Å². The van der Waals surface area contributed by atoms with Gasteiger partial charge in [0.25, 0.3) is 0 Å². The Hall–Kier alpha value is -4.54. The average molecular weight is 519 g/mol. The Morgan fingerprint density at radius 2 is 1.68 bits per heavy atom. The number of phenolic OH excluding ortho intramolecular Hbond substituents is 1. The van der Waals surface area contributed by atoms with Crippen molar-refractivity contribution in [3.63, 3.8) is 0 Å². The first-order valence-corrected chi connectivity index (χ1v) is 12.0. The molecule has 0 amide bonds. The standard InChI is InChI=1S/C27H22FN3O7/c1-34-19-3-11(4-20(35-2)25(19)32)22-12-5-17-18(38-10-37-17)6-13(12)23(14-9-36-27(33)24(14)22)26-30-15-7-21(28)29-8-16(15)31-26/h3-8,14,22-24,32H,9-10H2,1-2H3,(H,30,31)/t14-,22-,23-,24+/m1/s1. The number of cyclic esters (lactones) is 1. The zero-order valence-electron chi connectivity index (χ0n) is 20.4. The van der Waals surface area contributed by atoms with E-state index in [0.29, 0.717) is 33.9 Å². The molecule has 2 aromatic heterocycles. The molecule has 2 aromatic carbocycles. The van der Waals surface area contributed by atoms with Crippen LogP contribution >= 0.6 is 0 Å². The summed E-state index contributed by atoms with van der Waals surface area (Å²) in [6.45, 7) is 0.257. The lowest BCUT2D eigenvalue weighted by molar-refractivity contribution is -0.141. The Morgan fingerprint density at radius 3 is 2.37 bits per heavy atom. The lowest BCUT2D eigenvalue weighted by Gasteiger charge is -2.38. The van der Waals surface area contributed by atoms with Crippen LogP contribution in [0.25, 0.3) is 11.0 Å². The van der Waals surface area contributed by atoms with Gasteiger partial charge in [-0.1, -0.05) is 0 Å². The van der Waals surface area contributed by atoms with Gasteiger partial charge in [-0.05, 0) is 41.0 Å². The van der Waals surface area contributed by atoms with Gasteiger partial charge in [-0.25, -0.2) is 9.97 Å². The van der Waals surface area contributed by atoms with Crippen molar-refractivity contribution in [1.82, 2.24) is 15.0 Å². The monoisotopic (exact) mass is 519 g/mol. The van der Waals surface area contributed by atoms with Crippen LogP contribution in [0.2, 0.25) is 0 Å². The van der Waals surface area contributed by atoms with Gasteiger partial charge < -0.3 is 33.8 Å². The third-order valence-corrected chi connectivity index (χ3v) is 7.70. The number of fused-ring (bicyclic) bond motifs is 4. The SMILES string of the molecule is COc1cc([C@@H]2c3cc4c(cc3[C@@H](c3nc5cc(F)ncc5[nH]3)[C@H]3COC(=O)[C@H]23)OCO4)cc(OC)c1O. The molecular formula is C27H22FN3O7. The van der Waals surface area contributed by atoms with Crippen molar-refractivity contribution in [2.24, 2.45) is 11.8 Å². The van der Waals surface area contributed by atoms with Crippen molar-refractivity contribution in [2.75, 3.05) is 27.6 Å². The van der Waals surface area contributed by atoms with E-state index in [2.05, 4.69) is 9.97 Å². The van der Waals surface area contributed by atoms with Gasteiger partial charge in [0.1, 0.15) is 5.82 Å². The van der Waals surface area contributed by atoms with E-state index >= 15 is 0 Å². The fraction of sp³-hybridized carbons (Fsp3) is 0.296. The highest BCUT2D eigenvalue weighted by atomic mass is 19.1. The van der Waals surface area contributed by atoms with E-state index in [1.807, 2.05) is 12.1 Å².